The van der Waals surface area contributed by atoms with Crippen LogP contribution in [0.25, 0.3) is 0 Å². The minimum atomic E-state index is -0.404. The van der Waals surface area contributed by atoms with Gasteiger partial charge in [-0.05, 0) is 43.4 Å². The van der Waals surface area contributed by atoms with Crippen molar-refractivity contribution in [2.45, 2.75) is 63.7 Å². The van der Waals surface area contributed by atoms with Crippen LogP contribution in [0.4, 0.5) is 0 Å². The van der Waals surface area contributed by atoms with Gasteiger partial charge in [0.2, 0.25) is 0 Å². The van der Waals surface area contributed by atoms with Crippen molar-refractivity contribution in [2.75, 3.05) is 12.3 Å². The van der Waals surface area contributed by atoms with Gasteiger partial charge < -0.3 is 10.1 Å². The van der Waals surface area contributed by atoms with Crippen LogP contribution in [0.15, 0.2) is 24.3 Å². The molecule has 0 bridgehead atoms. The molecule has 0 heterocycles. The molecule has 0 radical (unpaired) electrons. The van der Waals surface area contributed by atoms with Crippen LogP contribution < -0.4 is 10.1 Å². The van der Waals surface area contributed by atoms with Gasteiger partial charge in [0.25, 0.3) is 5.91 Å². The predicted molar refractivity (Wildman–Crippen MR) is 98.3 cm³/mol. The van der Waals surface area contributed by atoms with Crippen LogP contribution >= 0.6 is 11.8 Å². The molecule has 4 heteroatoms. The van der Waals surface area contributed by atoms with Crippen molar-refractivity contribution < 1.29 is 9.53 Å². The van der Waals surface area contributed by atoms with E-state index >= 15 is 0 Å². The lowest BCUT2D eigenvalue weighted by Gasteiger charge is -2.18. The zero-order chi connectivity index (χ0) is 16.5. The van der Waals surface area contributed by atoms with Crippen LogP contribution in [0.3, 0.4) is 0 Å². The molecule has 1 aliphatic rings. The number of nitrogens with one attached hydrogen (secondary N) is 1. The van der Waals surface area contributed by atoms with E-state index < -0.39 is 6.10 Å². The number of thioether (sulfide) groups is 1. The summed E-state index contributed by atoms with van der Waals surface area (Å²) in [4.78, 5) is 12.3. The molecule has 1 atom stereocenters. The van der Waals surface area contributed by atoms with Gasteiger partial charge >= 0.3 is 0 Å². The zero-order valence-electron chi connectivity index (χ0n) is 14.3. The van der Waals surface area contributed by atoms with Crippen LogP contribution in [0.1, 0.15) is 51.5 Å². The van der Waals surface area contributed by atoms with Crippen LogP contribution in [-0.4, -0.2) is 29.6 Å². The minimum Gasteiger partial charge on any atom is -0.481 e. The number of hydrogen-bond acceptors (Lipinski definition) is 3. The van der Waals surface area contributed by atoms with Gasteiger partial charge in [0.15, 0.2) is 6.10 Å². The first-order valence-electron chi connectivity index (χ1n) is 8.87. The van der Waals surface area contributed by atoms with Gasteiger partial charge in [-0.2, -0.15) is 11.8 Å². The molecular weight excluding hydrogens is 306 g/mol. The Morgan fingerprint density at radius 1 is 1.26 bits per heavy atom. The van der Waals surface area contributed by atoms with Gasteiger partial charge in [-0.25, -0.2) is 0 Å². The molecule has 23 heavy (non-hydrogen) atoms. The molecule has 1 saturated carbocycles. The zero-order valence-corrected chi connectivity index (χ0v) is 15.2. The molecule has 1 aromatic carbocycles. The molecule has 1 aromatic rings. The summed E-state index contributed by atoms with van der Waals surface area (Å²) in [5, 5.41) is 3.82. The lowest BCUT2D eigenvalue weighted by molar-refractivity contribution is -0.127. The fourth-order valence-electron chi connectivity index (χ4n) is 2.86. The number of carbonyl (C=O) groups excluding carboxylic acids is 1. The van der Waals surface area contributed by atoms with Crippen molar-refractivity contribution in [3.8, 4) is 5.75 Å². The normalized spacial score (nSPS) is 16.3. The number of hydrogen-bond donors (Lipinski definition) is 1. The van der Waals surface area contributed by atoms with Crippen molar-refractivity contribution in [2.24, 2.45) is 0 Å². The number of carbonyl (C=O) groups is 1. The lowest BCUT2D eigenvalue weighted by atomic mass is 10.2. The molecule has 0 spiro atoms. The highest BCUT2D eigenvalue weighted by molar-refractivity contribution is 7.99. The van der Waals surface area contributed by atoms with E-state index in [1.807, 2.05) is 30.8 Å². The monoisotopic (exact) mass is 335 g/mol. The van der Waals surface area contributed by atoms with Crippen LogP contribution in [-0.2, 0) is 11.2 Å². The Morgan fingerprint density at radius 2 is 1.96 bits per heavy atom. The average molecular weight is 336 g/mol. The average Bonchev–Trinajstić information content (AvgIpc) is 3.10. The molecule has 0 aliphatic heterocycles. The van der Waals surface area contributed by atoms with Crippen molar-refractivity contribution in [1.82, 2.24) is 5.32 Å². The SMILES string of the molecule is CCc1ccc(O[C@H](CC)C(=O)NCCSC2CCCC2)cc1. The quantitative estimate of drug-likeness (QED) is 0.687. The summed E-state index contributed by atoms with van der Waals surface area (Å²) in [6, 6.07) is 8.01. The smallest absolute Gasteiger partial charge is 0.261 e. The molecule has 1 amide bonds. The van der Waals surface area contributed by atoms with E-state index in [1.54, 1.807) is 0 Å². The third kappa shape index (κ3) is 6.09. The van der Waals surface area contributed by atoms with E-state index in [9.17, 15) is 4.79 Å². The molecular formula is C19H29NO2S. The maximum Gasteiger partial charge on any atom is 0.261 e. The first-order chi connectivity index (χ1) is 11.2. The van der Waals surface area contributed by atoms with E-state index in [0.717, 1.165) is 29.7 Å². The van der Waals surface area contributed by atoms with Crippen molar-refractivity contribution in [3.05, 3.63) is 29.8 Å². The Hall–Kier alpha value is -1.16. The highest BCUT2D eigenvalue weighted by atomic mass is 32.2. The Balaban J connectivity index is 1.71. The van der Waals surface area contributed by atoms with Crippen molar-refractivity contribution >= 4 is 17.7 Å². The fraction of sp³-hybridized carbons (Fsp3) is 0.632. The van der Waals surface area contributed by atoms with Gasteiger partial charge in [0.05, 0.1) is 0 Å². The molecule has 1 fully saturated rings. The van der Waals surface area contributed by atoms with Crippen molar-refractivity contribution in [1.29, 1.82) is 0 Å². The number of rotatable bonds is 9. The van der Waals surface area contributed by atoms with Gasteiger partial charge in [-0.15, -0.1) is 0 Å². The standard InChI is InChI=1S/C19H29NO2S/c1-3-15-9-11-16(12-10-15)22-18(4-2)19(21)20-13-14-23-17-7-5-6-8-17/h9-12,17-18H,3-8,13-14H2,1-2H3,(H,20,21)/t18-/m1/s1. The van der Waals surface area contributed by atoms with Crippen LogP contribution in [0.5, 0.6) is 5.75 Å². The Kier molecular flexibility index (Phi) is 7.80. The second-order valence-electron chi connectivity index (χ2n) is 6.08. The third-order valence-electron chi connectivity index (χ3n) is 4.33. The summed E-state index contributed by atoms with van der Waals surface area (Å²) >= 11 is 2.00. The number of aryl methyl sites for hydroxylation is 1. The molecule has 0 unspecified atom stereocenters. The van der Waals surface area contributed by atoms with E-state index in [2.05, 4.69) is 24.4 Å². The van der Waals surface area contributed by atoms with Crippen molar-refractivity contribution in [3.63, 3.8) is 0 Å². The maximum atomic E-state index is 12.3. The highest BCUT2D eigenvalue weighted by Crippen LogP contribution is 2.28. The van der Waals surface area contributed by atoms with E-state index in [0.29, 0.717) is 6.42 Å². The largest absolute Gasteiger partial charge is 0.481 e. The first-order valence-corrected chi connectivity index (χ1v) is 9.92. The lowest BCUT2D eigenvalue weighted by Crippen LogP contribution is -2.39. The highest BCUT2D eigenvalue weighted by Gasteiger charge is 2.19. The number of benzene rings is 1. The minimum absolute atomic E-state index is 0.000843. The summed E-state index contributed by atoms with van der Waals surface area (Å²) in [5.41, 5.74) is 1.28. The molecule has 0 aromatic heterocycles. The number of ether oxygens (including phenoxy) is 1. The summed E-state index contributed by atoms with van der Waals surface area (Å²) in [5.74, 6) is 1.77. The summed E-state index contributed by atoms with van der Waals surface area (Å²) < 4.78 is 5.84. The molecule has 2 rings (SSSR count). The molecule has 1 N–H and O–H groups in total. The fourth-order valence-corrected chi connectivity index (χ4v) is 4.08. The Bertz CT molecular complexity index is 469. The molecule has 0 saturated heterocycles. The van der Waals surface area contributed by atoms with E-state index in [-0.39, 0.29) is 5.91 Å². The predicted octanol–water partition coefficient (Wildman–Crippen LogP) is 4.20. The number of amides is 1. The van der Waals surface area contributed by atoms with Gasteiger partial charge in [-0.3, -0.25) is 4.79 Å². The maximum absolute atomic E-state index is 12.3. The van der Waals surface area contributed by atoms with Gasteiger partial charge in [0.1, 0.15) is 5.75 Å². The second kappa shape index (κ2) is 9.86. The third-order valence-corrected chi connectivity index (χ3v) is 5.71. The van der Waals surface area contributed by atoms with E-state index in [1.165, 1.54) is 31.2 Å². The van der Waals surface area contributed by atoms with Crippen LogP contribution in [0, 0.1) is 0 Å². The Morgan fingerprint density at radius 3 is 2.57 bits per heavy atom. The van der Waals surface area contributed by atoms with Crippen LogP contribution in [0.2, 0.25) is 0 Å². The topological polar surface area (TPSA) is 38.3 Å². The summed E-state index contributed by atoms with van der Waals surface area (Å²) in [6.45, 7) is 4.84. The second-order valence-corrected chi connectivity index (χ2v) is 7.49. The molecule has 128 valence electrons. The van der Waals surface area contributed by atoms with E-state index in [4.69, 9.17) is 4.74 Å². The molecule has 1 aliphatic carbocycles. The first kappa shape index (κ1) is 18.2. The van der Waals surface area contributed by atoms with Gasteiger partial charge in [0, 0.05) is 17.5 Å². The summed E-state index contributed by atoms with van der Waals surface area (Å²) in [7, 11) is 0. The van der Waals surface area contributed by atoms with Gasteiger partial charge in [-0.1, -0.05) is 38.8 Å². The Labute approximate surface area is 144 Å². The summed E-state index contributed by atoms with van der Waals surface area (Å²) in [6.07, 6.45) is 6.70. The molecule has 3 nitrogen and oxygen atoms in total.